The van der Waals surface area contributed by atoms with E-state index in [-0.39, 0.29) is 11.9 Å². The number of hydrogen-bond acceptors (Lipinski definition) is 5. The molecule has 3 N–H and O–H groups in total. The van der Waals surface area contributed by atoms with Crippen molar-refractivity contribution in [2.75, 3.05) is 5.75 Å². The molecule has 1 aliphatic carbocycles. The van der Waals surface area contributed by atoms with Gasteiger partial charge in [-0.3, -0.25) is 4.79 Å². The standard InChI is InChI=1S/C12H21N5OS/c1-8(2)14-11(18)5-6-19-12-16-15-10(7-13)17(12)9-3-4-9/h8-9H,3-7,13H2,1-2H3,(H,14,18). The van der Waals surface area contributed by atoms with Gasteiger partial charge in [-0.15, -0.1) is 10.2 Å². The van der Waals surface area contributed by atoms with E-state index in [0.29, 0.717) is 24.8 Å². The lowest BCUT2D eigenvalue weighted by Crippen LogP contribution is -2.30. The first-order valence-corrected chi connectivity index (χ1v) is 7.66. The van der Waals surface area contributed by atoms with Crippen LogP contribution < -0.4 is 11.1 Å². The highest BCUT2D eigenvalue weighted by Crippen LogP contribution is 2.38. The summed E-state index contributed by atoms with van der Waals surface area (Å²) in [5, 5.41) is 12.0. The van der Waals surface area contributed by atoms with Crippen LogP contribution in [0.15, 0.2) is 5.16 Å². The molecule has 0 unspecified atom stereocenters. The summed E-state index contributed by atoms with van der Waals surface area (Å²) in [5.74, 6) is 1.64. The van der Waals surface area contributed by atoms with Crippen LogP contribution in [-0.2, 0) is 11.3 Å². The van der Waals surface area contributed by atoms with Crippen molar-refractivity contribution in [3.8, 4) is 0 Å². The van der Waals surface area contributed by atoms with E-state index >= 15 is 0 Å². The van der Waals surface area contributed by atoms with Crippen LogP contribution in [-0.4, -0.2) is 32.5 Å². The predicted octanol–water partition coefficient (Wildman–Crippen LogP) is 1.08. The van der Waals surface area contributed by atoms with E-state index in [1.807, 2.05) is 13.8 Å². The Morgan fingerprint density at radius 3 is 2.84 bits per heavy atom. The molecule has 0 atom stereocenters. The fraction of sp³-hybridized carbons (Fsp3) is 0.750. The number of carbonyl (C=O) groups is 1. The van der Waals surface area contributed by atoms with Gasteiger partial charge in [0.1, 0.15) is 5.82 Å². The quantitative estimate of drug-likeness (QED) is 0.731. The van der Waals surface area contributed by atoms with E-state index in [9.17, 15) is 4.79 Å². The average molecular weight is 283 g/mol. The van der Waals surface area contributed by atoms with E-state index in [4.69, 9.17) is 5.73 Å². The van der Waals surface area contributed by atoms with Gasteiger partial charge in [-0.1, -0.05) is 11.8 Å². The summed E-state index contributed by atoms with van der Waals surface area (Å²) in [4.78, 5) is 11.5. The summed E-state index contributed by atoms with van der Waals surface area (Å²) in [7, 11) is 0. The second kappa shape index (κ2) is 6.38. The molecule has 1 saturated carbocycles. The minimum absolute atomic E-state index is 0.0824. The van der Waals surface area contributed by atoms with E-state index in [1.165, 1.54) is 12.8 Å². The lowest BCUT2D eigenvalue weighted by molar-refractivity contribution is -0.121. The van der Waals surface area contributed by atoms with E-state index in [0.717, 1.165) is 11.0 Å². The van der Waals surface area contributed by atoms with Gasteiger partial charge >= 0.3 is 0 Å². The molecular weight excluding hydrogens is 262 g/mol. The normalized spacial score (nSPS) is 14.9. The smallest absolute Gasteiger partial charge is 0.221 e. The number of rotatable bonds is 7. The SMILES string of the molecule is CC(C)NC(=O)CCSc1nnc(CN)n1C1CC1. The van der Waals surface area contributed by atoms with Crippen LogP contribution in [0.1, 0.15) is 45.0 Å². The zero-order valence-corrected chi connectivity index (χ0v) is 12.2. The molecule has 1 aliphatic rings. The van der Waals surface area contributed by atoms with Crippen molar-refractivity contribution in [2.24, 2.45) is 5.73 Å². The highest BCUT2D eigenvalue weighted by molar-refractivity contribution is 7.99. The average Bonchev–Trinajstić information content (AvgIpc) is 3.10. The first-order chi connectivity index (χ1) is 9.11. The highest BCUT2D eigenvalue weighted by Gasteiger charge is 2.29. The molecule has 106 valence electrons. The van der Waals surface area contributed by atoms with Gasteiger partial charge in [-0.2, -0.15) is 0 Å². The van der Waals surface area contributed by atoms with Crippen molar-refractivity contribution in [1.29, 1.82) is 0 Å². The van der Waals surface area contributed by atoms with Gasteiger partial charge in [0.2, 0.25) is 5.91 Å². The summed E-state index contributed by atoms with van der Waals surface area (Å²) in [6, 6.07) is 0.706. The lowest BCUT2D eigenvalue weighted by Gasteiger charge is -2.09. The molecule has 1 aromatic heterocycles. The molecule has 0 radical (unpaired) electrons. The number of aromatic nitrogens is 3. The first kappa shape index (κ1) is 14.3. The molecule has 1 fully saturated rings. The molecule has 1 aromatic rings. The zero-order valence-electron chi connectivity index (χ0n) is 11.4. The molecule has 7 heteroatoms. The molecule has 0 bridgehead atoms. The van der Waals surface area contributed by atoms with Gasteiger partial charge < -0.3 is 15.6 Å². The predicted molar refractivity (Wildman–Crippen MR) is 74.8 cm³/mol. The Balaban J connectivity index is 1.86. The molecule has 0 aliphatic heterocycles. The maximum Gasteiger partial charge on any atom is 0.221 e. The number of hydrogen-bond donors (Lipinski definition) is 2. The number of thioether (sulfide) groups is 1. The third-order valence-electron chi connectivity index (χ3n) is 2.84. The van der Waals surface area contributed by atoms with Gasteiger partial charge in [0.25, 0.3) is 0 Å². The Kier molecular flexibility index (Phi) is 4.81. The summed E-state index contributed by atoms with van der Waals surface area (Å²) >= 11 is 1.58. The van der Waals surface area contributed by atoms with Crippen LogP contribution >= 0.6 is 11.8 Å². The zero-order chi connectivity index (χ0) is 13.8. The van der Waals surface area contributed by atoms with Crippen LogP contribution in [0.5, 0.6) is 0 Å². The van der Waals surface area contributed by atoms with Crippen molar-refractivity contribution in [2.45, 2.75) is 56.9 Å². The van der Waals surface area contributed by atoms with Crippen molar-refractivity contribution < 1.29 is 4.79 Å². The van der Waals surface area contributed by atoms with Gasteiger partial charge in [0.05, 0.1) is 6.54 Å². The third kappa shape index (κ3) is 3.94. The van der Waals surface area contributed by atoms with Crippen LogP contribution in [0.25, 0.3) is 0 Å². The molecule has 19 heavy (non-hydrogen) atoms. The second-order valence-electron chi connectivity index (χ2n) is 5.02. The lowest BCUT2D eigenvalue weighted by atomic mass is 10.3. The first-order valence-electron chi connectivity index (χ1n) is 6.67. The Hall–Kier alpha value is -1.08. The summed E-state index contributed by atoms with van der Waals surface area (Å²) in [6.07, 6.45) is 2.84. The van der Waals surface area contributed by atoms with E-state index in [2.05, 4.69) is 20.1 Å². The number of carbonyl (C=O) groups excluding carboxylic acids is 1. The fourth-order valence-corrected chi connectivity index (χ4v) is 2.84. The Morgan fingerprint density at radius 2 is 2.26 bits per heavy atom. The molecule has 0 saturated heterocycles. The van der Waals surface area contributed by atoms with E-state index in [1.54, 1.807) is 11.8 Å². The van der Waals surface area contributed by atoms with Gasteiger partial charge in [0, 0.05) is 24.3 Å². The van der Waals surface area contributed by atoms with Gasteiger partial charge in [-0.25, -0.2) is 0 Å². The van der Waals surface area contributed by atoms with Crippen LogP contribution in [0, 0.1) is 0 Å². The number of amides is 1. The van der Waals surface area contributed by atoms with Gasteiger partial charge in [0.15, 0.2) is 5.16 Å². The van der Waals surface area contributed by atoms with E-state index < -0.39 is 0 Å². The highest BCUT2D eigenvalue weighted by atomic mass is 32.2. The molecule has 0 spiro atoms. The summed E-state index contributed by atoms with van der Waals surface area (Å²) in [5.41, 5.74) is 5.66. The third-order valence-corrected chi connectivity index (χ3v) is 3.78. The Morgan fingerprint density at radius 1 is 1.53 bits per heavy atom. The van der Waals surface area contributed by atoms with Crippen molar-refractivity contribution in [1.82, 2.24) is 20.1 Å². The van der Waals surface area contributed by atoms with Crippen molar-refractivity contribution >= 4 is 17.7 Å². The maximum absolute atomic E-state index is 11.5. The van der Waals surface area contributed by atoms with Crippen LogP contribution in [0.3, 0.4) is 0 Å². The molecule has 1 heterocycles. The largest absolute Gasteiger partial charge is 0.354 e. The number of nitrogens with two attached hydrogens (primary N) is 1. The van der Waals surface area contributed by atoms with Crippen LogP contribution in [0.4, 0.5) is 0 Å². The summed E-state index contributed by atoms with van der Waals surface area (Å²) in [6.45, 7) is 4.34. The Labute approximate surface area is 117 Å². The fourth-order valence-electron chi connectivity index (χ4n) is 1.87. The van der Waals surface area contributed by atoms with Crippen LogP contribution in [0.2, 0.25) is 0 Å². The molecule has 6 nitrogen and oxygen atoms in total. The molecular formula is C12H21N5OS. The monoisotopic (exact) mass is 283 g/mol. The molecule has 0 aromatic carbocycles. The number of nitrogens with zero attached hydrogens (tertiary/aromatic N) is 3. The topological polar surface area (TPSA) is 85.8 Å². The Bertz CT molecular complexity index is 441. The summed E-state index contributed by atoms with van der Waals surface area (Å²) < 4.78 is 2.13. The molecule has 1 amide bonds. The van der Waals surface area contributed by atoms with Crippen molar-refractivity contribution in [3.05, 3.63) is 5.82 Å². The van der Waals surface area contributed by atoms with Gasteiger partial charge in [-0.05, 0) is 26.7 Å². The number of nitrogens with one attached hydrogen (secondary N) is 1. The molecule has 2 rings (SSSR count). The minimum atomic E-state index is 0.0824. The van der Waals surface area contributed by atoms with Crippen molar-refractivity contribution in [3.63, 3.8) is 0 Å². The maximum atomic E-state index is 11.5. The minimum Gasteiger partial charge on any atom is -0.354 e. The second-order valence-corrected chi connectivity index (χ2v) is 6.09.